The monoisotopic (exact) mass is 328 g/mol. The summed E-state index contributed by atoms with van der Waals surface area (Å²) in [5.74, 6) is -0.474. The van der Waals surface area contributed by atoms with E-state index >= 15 is 0 Å². The molecule has 8 nitrogen and oxygen atoms in total. The molecule has 0 bridgehead atoms. The molecule has 0 spiro atoms. The smallest absolute Gasteiger partial charge is 0.336 e. The minimum absolute atomic E-state index is 0.0453. The van der Waals surface area contributed by atoms with E-state index in [0.29, 0.717) is 11.1 Å². The Balaban J connectivity index is 2.03. The molecule has 0 N–H and O–H groups in total. The van der Waals surface area contributed by atoms with Crippen LogP contribution in [0.25, 0.3) is 6.08 Å². The van der Waals surface area contributed by atoms with Crippen LogP contribution in [0.4, 0.5) is 11.4 Å². The molecule has 0 aromatic heterocycles. The Hall–Kier alpha value is -3.55. The summed E-state index contributed by atoms with van der Waals surface area (Å²) < 4.78 is 5.06. The zero-order valence-electron chi connectivity index (χ0n) is 12.5. The molecule has 0 saturated heterocycles. The predicted molar refractivity (Wildman–Crippen MR) is 85.6 cm³/mol. The number of nitro groups is 2. The number of nitrogens with zero attached hydrogens (tertiary/aromatic N) is 2. The second-order valence-corrected chi connectivity index (χ2v) is 4.81. The molecular formula is C16H12N2O6. The maximum absolute atomic E-state index is 11.7. The van der Waals surface area contributed by atoms with Gasteiger partial charge in [0.1, 0.15) is 5.75 Å². The molecule has 24 heavy (non-hydrogen) atoms. The van der Waals surface area contributed by atoms with Crippen molar-refractivity contribution in [3.8, 4) is 5.75 Å². The Bertz CT molecular complexity index is 827. The van der Waals surface area contributed by atoms with Crippen LogP contribution in [-0.2, 0) is 4.79 Å². The highest BCUT2D eigenvalue weighted by atomic mass is 16.6. The fourth-order valence-electron chi connectivity index (χ4n) is 1.92. The van der Waals surface area contributed by atoms with Crippen molar-refractivity contribution in [1.82, 2.24) is 0 Å². The van der Waals surface area contributed by atoms with Crippen molar-refractivity contribution in [2.75, 3.05) is 0 Å². The summed E-state index contributed by atoms with van der Waals surface area (Å²) in [7, 11) is 0. The number of esters is 1. The maximum Gasteiger partial charge on any atom is 0.336 e. The van der Waals surface area contributed by atoms with Crippen molar-refractivity contribution in [2.24, 2.45) is 0 Å². The Morgan fingerprint density at radius 3 is 2.25 bits per heavy atom. The zero-order chi connectivity index (χ0) is 17.7. The van der Waals surface area contributed by atoms with Crippen LogP contribution < -0.4 is 4.74 Å². The van der Waals surface area contributed by atoms with Crippen LogP contribution >= 0.6 is 0 Å². The second kappa shape index (κ2) is 7.14. The molecule has 0 fully saturated rings. The molecule has 0 aliphatic rings. The highest BCUT2D eigenvalue weighted by molar-refractivity contribution is 5.88. The number of carbonyl (C=O) groups is 1. The van der Waals surface area contributed by atoms with Gasteiger partial charge < -0.3 is 4.74 Å². The van der Waals surface area contributed by atoms with Gasteiger partial charge in [-0.2, -0.15) is 0 Å². The lowest BCUT2D eigenvalue weighted by atomic mass is 10.2. The van der Waals surface area contributed by atoms with E-state index < -0.39 is 15.8 Å². The van der Waals surface area contributed by atoms with Gasteiger partial charge in [-0.05, 0) is 42.8 Å². The summed E-state index contributed by atoms with van der Waals surface area (Å²) in [6.45, 7) is 1.54. The molecule has 0 atom stereocenters. The molecule has 2 rings (SSSR count). The van der Waals surface area contributed by atoms with Crippen molar-refractivity contribution in [3.63, 3.8) is 0 Å². The zero-order valence-corrected chi connectivity index (χ0v) is 12.5. The van der Waals surface area contributed by atoms with Crippen LogP contribution in [0, 0.1) is 27.2 Å². The van der Waals surface area contributed by atoms with Crippen molar-refractivity contribution in [2.45, 2.75) is 6.92 Å². The summed E-state index contributed by atoms with van der Waals surface area (Å²) in [4.78, 5) is 32.0. The molecule has 0 heterocycles. The quantitative estimate of drug-likeness (QED) is 0.273. The summed E-state index contributed by atoms with van der Waals surface area (Å²) in [5, 5.41) is 21.3. The lowest BCUT2D eigenvalue weighted by Gasteiger charge is -2.03. The lowest BCUT2D eigenvalue weighted by molar-refractivity contribution is -0.385. The number of hydrogen-bond donors (Lipinski definition) is 0. The van der Waals surface area contributed by atoms with Crippen LogP contribution in [0.5, 0.6) is 5.75 Å². The lowest BCUT2D eigenvalue weighted by Crippen LogP contribution is -2.04. The molecule has 0 aliphatic heterocycles. The minimum Gasteiger partial charge on any atom is -0.423 e. The fraction of sp³-hybridized carbons (Fsp3) is 0.0625. The molecule has 2 aromatic carbocycles. The van der Waals surface area contributed by atoms with Gasteiger partial charge in [0.05, 0.1) is 9.85 Å². The van der Waals surface area contributed by atoms with Gasteiger partial charge in [-0.15, -0.1) is 0 Å². The number of rotatable bonds is 5. The Kier molecular flexibility index (Phi) is 5.00. The first-order valence-corrected chi connectivity index (χ1v) is 6.76. The first-order valence-electron chi connectivity index (χ1n) is 6.76. The van der Waals surface area contributed by atoms with Gasteiger partial charge in [0.2, 0.25) is 0 Å². The van der Waals surface area contributed by atoms with Gasteiger partial charge in [0, 0.05) is 29.8 Å². The van der Waals surface area contributed by atoms with E-state index in [-0.39, 0.29) is 17.1 Å². The number of aryl methyl sites for hydroxylation is 1. The number of nitro benzene ring substituents is 2. The molecule has 0 aliphatic carbocycles. The largest absolute Gasteiger partial charge is 0.423 e. The molecular weight excluding hydrogens is 316 g/mol. The van der Waals surface area contributed by atoms with E-state index in [4.69, 9.17) is 4.74 Å². The van der Waals surface area contributed by atoms with E-state index in [1.165, 1.54) is 48.5 Å². The number of carbonyl (C=O) groups excluding carboxylic acids is 1. The van der Waals surface area contributed by atoms with Crippen LogP contribution in [-0.4, -0.2) is 15.8 Å². The predicted octanol–water partition coefficient (Wildman–Crippen LogP) is 3.43. The van der Waals surface area contributed by atoms with Crippen LogP contribution in [0.2, 0.25) is 0 Å². The number of non-ortho nitro benzene ring substituents is 1. The summed E-state index contributed by atoms with van der Waals surface area (Å²) in [5.41, 5.74) is 0.870. The van der Waals surface area contributed by atoms with Crippen LogP contribution in [0.1, 0.15) is 11.1 Å². The van der Waals surface area contributed by atoms with Crippen molar-refractivity contribution in [3.05, 3.63) is 79.9 Å². The second-order valence-electron chi connectivity index (χ2n) is 4.81. The molecule has 122 valence electrons. The fourth-order valence-corrected chi connectivity index (χ4v) is 1.92. The highest BCUT2D eigenvalue weighted by Crippen LogP contribution is 2.23. The number of ether oxygens (including phenoxy) is 1. The molecule has 0 radical (unpaired) electrons. The number of hydrogen-bond acceptors (Lipinski definition) is 6. The van der Waals surface area contributed by atoms with Crippen LogP contribution in [0.15, 0.2) is 48.5 Å². The van der Waals surface area contributed by atoms with Gasteiger partial charge in [0.25, 0.3) is 11.4 Å². The topological polar surface area (TPSA) is 113 Å². The summed E-state index contributed by atoms with van der Waals surface area (Å²) in [6.07, 6.45) is 2.61. The van der Waals surface area contributed by atoms with Gasteiger partial charge in [-0.1, -0.05) is 0 Å². The van der Waals surface area contributed by atoms with Crippen molar-refractivity contribution >= 4 is 23.4 Å². The van der Waals surface area contributed by atoms with Gasteiger partial charge in [-0.3, -0.25) is 20.2 Å². The third-order valence-electron chi connectivity index (χ3n) is 3.10. The molecule has 0 unspecified atom stereocenters. The molecule has 8 heteroatoms. The van der Waals surface area contributed by atoms with E-state index in [1.807, 2.05) is 0 Å². The van der Waals surface area contributed by atoms with E-state index in [1.54, 1.807) is 6.92 Å². The SMILES string of the molecule is Cc1cc(OC(=O)C=Cc2ccc([N+](=O)[O-])cc2)ccc1[N+](=O)[O-]. The van der Waals surface area contributed by atoms with Crippen molar-refractivity contribution in [1.29, 1.82) is 0 Å². The third-order valence-corrected chi connectivity index (χ3v) is 3.10. The van der Waals surface area contributed by atoms with E-state index in [2.05, 4.69) is 0 Å². The van der Waals surface area contributed by atoms with Crippen LogP contribution in [0.3, 0.4) is 0 Å². The third kappa shape index (κ3) is 4.23. The summed E-state index contributed by atoms with van der Waals surface area (Å²) in [6, 6.07) is 9.64. The van der Waals surface area contributed by atoms with Crippen molar-refractivity contribution < 1.29 is 19.4 Å². The average molecular weight is 328 g/mol. The Labute approximate surface area is 136 Å². The van der Waals surface area contributed by atoms with E-state index in [0.717, 1.165) is 6.08 Å². The van der Waals surface area contributed by atoms with Gasteiger partial charge in [0.15, 0.2) is 0 Å². The number of benzene rings is 2. The first kappa shape index (κ1) is 16.8. The minimum atomic E-state index is -0.665. The molecule has 2 aromatic rings. The highest BCUT2D eigenvalue weighted by Gasteiger charge is 2.11. The standard InChI is InChI=1S/C16H12N2O6/c1-11-10-14(7-8-15(11)18(22)23)24-16(19)9-4-12-2-5-13(6-3-12)17(20)21/h2-10H,1H3. The molecule has 0 saturated carbocycles. The van der Waals surface area contributed by atoms with Gasteiger partial charge in [-0.25, -0.2) is 4.79 Å². The normalized spacial score (nSPS) is 10.5. The maximum atomic E-state index is 11.7. The average Bonchev–Trinajstić information content (AvgIpc) is 2.53. The van der Waals surface area contributed by atoms with E-state index in [9.17, 15) is 25.0 Å². The van der Waals surface area contributed by atoms with Gasteiger partial charge >= 0.3 is 5.97 Å². The molecule has 0 amide bonds. The first-order chi connectivity index (χ1) is 11.4. The summed E-state index contributed by atoms with van der Waals surface area (Å²) >= 11 is 0. The Morgan fingerprint density at radius 1 is 1.04 bits per heavy atom. The Morgan fingerprint density at radius 2 is 1.71 bits per heavy atom.